The molecule has 0 N–H and O–H groups in total. The van der Waals surface area contributed by atoms with Crippen molar-refractivity contribution in [2.75, 3.05) is 28.4 Å². The molecular weight excluding hydrogens is 368 g/mol. The van der Waals surface area contributed by atoms with E-state index in [1.165, 1.54) is 28.4 Å². The smallest absolute Gasteiger partial charge is 0.375 e. The summed E-state index contributed by atoms with van der Waals surface area (Å²) in [6.45, 7) is 2.13. The topological polar surface area (TPSA) is 101 Å². The normalized spacial score (nSPS) is 20.4. The van der Waals surface area contributed by atoms with Gasteiger partial charge in [0.15, 0.2) is 0 Å². The van der Waals surface area contributed by atoms with Crippen LogP contribution in [0.3, 0.4) is 0 Å². The number of furan rings is 1. The summed E-state index contributed by atoms with van der Waals surface area (Å²) in [4.78, 5) is 37.4. The molecule has 1 aromatic rings. The summed E-state index contributed by atoms with van der Waals surface area (Å²) in [6, 6.07) is 0. The third-order valence-corrected chi connectivity index (χ3v) is 5.33. The number of carbonyl (C=O) groups excluding carboxylic acids is 3. The Morgan fingerprint density at radius 2 is 1.68 bits per heavy atom. The SMILES string of the molecule is CCCCCC[C@H]1C[C@]1(C(=O)OC)c1c(OC)oc(C(=O)OC)c1C(=O)OC. The summed E-state index contributed by atoms with van der Waals surface area (Å²) < 4.78 is 25.4. The van der Waals surface area contributed by atoms with Crippen LogP contribution in [0.25, 0.3) is 0 Å². The van der Waals surface area contributed by atoms with E-state index < -0.39 is 23.3 Å². The van der Waals surface area contributed by atoms with E-state index >= 15 is 0 Å². The van der Waals surface area contributed by atoms with E-state index in [-0.39, 0.29) is 28.8 Å². The average molecular weight is 396 g/mol. The van der Waals surface area contributed by atoms with Crippen LogP contribution in [0.2, 0.25) is 0 Å². The van der Waals surface area contributed by atoms with E-state index in [0.29, 0.717) is 6.42 Å². The lowest BCUT2D eigenvalue weighted by atomic mass is 9.89. The van der Waals surface area contributed by atoms with Gasteiger partial charge in [0.2, 0.25) is 5.76 Å². The maximum Gasteiger partial charge on any atom is 0.375 e. The molecule has 1 heterocycles. The molecule has 28 heavy (non-hydrogen) atoms. The molecule has 8 heteroatoms. The molecular formula is C20H28O8. The van der Waals surface area contributed by atoms with Crippen molar-refractivity contribution in [1.29, 1.82) is 0 Å². The van der Waals surface area contributed by atoms with Gasteiger partial charge in [-0.15, -0.1) is 0 Å². The molecule has 0 unspecified atom stereocenters. The lowest BCUT2D eigenvalue weighted by Crippen LogP contribution is -2.27. The minimum atomic E-state index is -1.11. The Morgan fingerprint density at radius 3 is 2.21 bits per heavy atom. The van der Waals surface area contributed by atoms with E-state index in [1.54, 1.807) is 0 Å². The monoisotopic (exact) mass is 396 g/mol. The molecule has 1 saturated carbocycles. The van der Waals surface area contributed by atoms with Crippen LogP contribution in [0.5, 0.6) is 5.95 Å². The molecule has 1 aliphatic carbocycles. The number of hydrogen-bond donors (Lipinski definition) is 0. The Bertz CT molecular complexity index is 735. The second-order valence-corrected chi connectivity index (χ2v) is 6.87. The summed E-state index contributed by atoms with van der Waals surface area (Å²) in [5.74, 6) is -2.62. The highest BCUT2D eigenvalue weighted by molar-refractivity contribution is 6.05. The summed E-state index contributed by atoms with van der Waals surface area (Å²) in [5, 5.41) is 0. The van der Waals surface area contributed by atoms with Crippen LogP contribution in [-0.4, -0.2) is 46.3 Å². The molecule has 2 rings (SSSR count). The van der Waals surface area contributed by atoms with Crippen molar-refractivity contribution in [2.45, 2.75) is 50.9 Å². The standard InChI is InChI=1S/C20H28O8/c1-6-7-8-9-10-12-11-20(12,19(23)27-5)14-13(16(21)24-2)15(17(22)25-3)28-18(14)26-4/h12H,6-11H2,1-5H3/t12-,20+/m0/s1. The number of methoxy groups -OCH3 is 4. The third-order valence-electron chi connectivity index (χ3n) is 5.33. The fourth-order valence-electron chi connectivity index (χ4n) is 3.83. The molecule has 0 saturated heterocycles. The Morgan fingerprint density at radius 1 is 1.00 bits per heavy atom. The van der Waals surface area contributed by atoms with Gasteiger partial charge in [-0.2, -0.15) is 0 Å². The highest BCUT2D eigenvalue weighted by atomic mass is 16.6. The van der Waals surface area contributed by atoms with Gasteiger partial charge in [-0.05, 0) is 18.8 Å². The molecule has 2 atom stereocenters. The van der Waals surface area contributed by atoms with Gasteiger partial charge in [-0.1, -0.05) is 32.6 Å². The lowest BCUT2D eigenvalue weighted by molar-refractivity contribution is -0.144. The number of hydrogen-bond acceptors (Lipinski definition) is 8. The van der Waals surface area contributed by atoms with Gasteiger partial charge >= 0.3 is 17.9 Å². The molecule has 0 spiro atoms. The zero-order valence-corrected chi connectivity index (χ0v) is 17.1. The fourth-order valence-corrected chi connectivity index (χ4v) is 3.83. The van der Waals surface area contributed by atoms with Crippen molar-refractivity contribution < 1.29 is 37.7 Å². The van der Waals surface area contributed by atoms with Crippen LogP contribution >= 0.6 is 0 Å². The predicted octanol–water partition coefficient (Wildman–Crippen LogP) is 3.26. The molecule has 0 bridgehead atoms. The maximum atomic E-state index is 12.8. The van der Waals surface area contributed by atoms with Gasteiger partial charge < -0.3 is 23.4 Å². The van der Waals surface area contributed by atoms with Crippen molar-refractivity contribution in [1.82, 2.24) is 0 Å². The van der Waals surface area contributed by atoms with E-state index in [1.807, 2.05) is 0 Å². The van der Waals surface area contributed by atoms with E-state index in [2.05, 4.69) is 6.92 Å². The number of unbranched alkanes of at least 4 members (excludes halogenated alkanes) is 3. The van der Waals surface area contributed by atoms with Crippen molar-refractivity contribution >= 4 is 17.9 Å². The molecule has 0 radical (unpaired) electrons. The van der Waals surface area contributed by atoms with Crippen LogP contribution in [0, 0.1) is 5.92 Å². The zero-order chi connectivity index (χ0) is 20.9. The minimum absolute atomic E-state index is 0.0443. The van der Waals surface area contributed by atoms with Crippen molar-refractivity contribution in [3.05, 3.63) is 16.9 Å². The van der Waals surface area contributed by atoms with E-state index in [4.69, 9.17) is 23.4 Å². The highest BCUT2D eigenvalue weighted by Crippen LogP contribution is 2.61. The first-order valence-electron chi connectivity index (χ1n) is 9.39. The molecule has 0 aliphatic heterocycles. The Labute approximate surface area is 164 Å². The molecule has 0 aromatic carbocycles. The lowest BCUT2D eigenvalue weighted by Gasteiger charge is -2.16. The molecule has 1 fully saturated rings. The van der Waals surface area contributed by atoms with Crippen LogP contribution in [-0.2, 0) is 24.4 Å². The van der Waals surface area contributed by atoms with Gasteiger partial charge in [-0.25, -0.2) is 9.59 Å². The summed E-state index contributed by atoms with van der Waals surface area (Å²) >= 11 is 0. The van der Waals surface area contributed by atoms with Crippen molar-refractivity contribution in [2.24, 2.45) is 5.92 Å². The van der Waals surface area contributed by atoms with E-state index in [0.717, 1.165) is 32.1 Å². The summed E-state index contributed by atoms with van der Waals surface area (Å²) in [6.07, 6.45) is 5.51. The van der Waals surface area contributed by atoms with Crippen molar-refractivity contribution in [3.8, 4) is 5.95 Å². The second-order valence-electron chi connectivity index (χ2n) is 6.87. The molecule has 1 aliphatic rings. The minimum Gasteiger partial charge on any atom is -0.468 e. The maximum absolute atomic E-state index is 12.8. The van der Waals surface area contributed by atoms with E-state index in [9.17, 15) is 14.4 Å². The summed E-state index contributed by atoms with van der Waals surface area (Å²) in [5.41, 5.74) is -1.05. The average Bonchev–Trinajstić information content (AvgIpc) is 3.31. The number of ether oxygens (including phenoxy) is 4. The highest BCUT2D eigenvalue weighted by Gasteiger charge is 2.65. The molecule has 1 aromatic heterocycles. The zero-order valence-electron chi connectivity index (χ0n) is 17.1. The van der Waals surface area contributed by atoms with Gasteiger partial charge in [0.05, 0.1) is 34.0 Å². The fraction of sp³-hybridized carbons (Fsp3) is 0.650. The predicted molar refractivity (Wildman–Crippen MR) is 98.5 cm³/mol. The Balaban J connectivity index is 2.54. The van der Waals surface area contributed by atoms with Gasteiger partial charge in [0.1, 0.15) is 11.0 Å². The van der Waals surface area contributed by atoms with Gasteiger partial charge in [-0.3, -0.25) is 4.79 Å². The Hall–Kier alpha value is -2.51. The number of carbonyl (C=O) groups is 3. The quantitative estimate of drug-likeness (QED) is 0.337. The molecule has 156 valence electrons. The van der Waals surface area contributed by atoms with Crippen LogP contribution in [0.1, 0.15) is 71.9 Å². The first kappa shape index (κ1) is 21.8. The van der Waals surface area contributed by atoms with Crippen LogP contribution in [0.15, 0.2) is 4.42 Å². The van der Waals surface area contributed by atoms with Crippen LogP contribution < -0.4 is 4.74 Å². The Kier molecular flexibility index (Phi) is 7.10. The molecule has 0 amide bonds. The summed E-state index contributed by atoms with van der Waals surface area (Å²) in [7, 11) is 4.99. The third kappa shape index (κ3) is 3.72. The van der Waals surface area contributed by atoms with Gasteiger partial charge in [0.25, 0.3) is 5.95 Å². The van der Waals surface area contributed by atoms with Crippen LogP contribution in [0.4, 0.5) is 0 Å². The number of esters is 3. The largest absolute Gasteiger partial charge is 0.468 e. The second kappa shape index (κ2) is 9.12. The first-order valence-corrected chi connectivity index (χ1v) is 9.39. The number of rotatable bonds is 10. The first-order chi connectivity index (χ1) is 13.4. The van der Waals surface area contributed by atoms with Gasteiger partial charge in [0, 0.05) is 0 Å². The van der Waals surface area contributed by atoms with Crippen molar-refractivity contribution in [3.63, 3.8) is 0 Å². The molecule has 8 nitrogen and oxygen atoms in total.